The highest BCUT2D eigenvalue weighted by atomic mass is 16.5. The zero-order valence-corrected chi connectivity index (χ0v) is 17.0. The van der Waals surface area contributed by atoms with Gasteiger partial charge < -0.3 is 19.5 Å². The van der Waals surface area contributed by atoms with Crippen molar-refractivity contribution in [1.82, 2.24) is 19.9 Å². The molecule has 1 fully saturated rings. The van der Waals surface area contributed by atoms with Gasteiger partial charge in [-0.1, -0.05) is 0 Å². The molecule has 1 N–H and O–H groups in total. The smallest absolute Gasteiger partial charge is 0.331 e. The molecule has 4 rings (SSSR count). The summed E-state index contributed by atoms with van der Waals surface area (Å²) in [7, 11) is 3.14. The number of hydrogen-bond donors (Lipinski definition) is 1. The maximum absolute atomic E-state index is 12.8. The van der Waals surface area contributed by atoms with Crippen molar-refractivity contribution in [3.05, 3.63) is 42.2 Å². The lowest BCUT2D eigenvalue weighted by atomic mass is 10.1. The number of ether oxygens (including phenoxy) is 3. The van der Waals surface area contributed by atoms with E-state index in [0.717, 1.165) is 11.3 Å². The molecule has 0 saturated heterocycles. The van der Waals surface area contributed by atoms with Crippen molar-refractivity contribution in [2.45, 2.75) is 25.3 Å². The van der Waals surface area contributed by atoms with Gasteiger partial charge >= 0.3 is 5.97 Å². The Morgan fingerprint density at radius 2 is 1.90 bits per heavy atom. The molecule has 156 valence electrons. The van der Waals surface area contributed by atoms with Crippen LogP contribution in [0.15, 0.2) is 36.5 Å². The Hall–Kier alpha value is -3.62. The van der Waals surface area contributed by atoms with Crippen molar-refractivity contribution < 1.29 is 23.8 Å². The predicted octanol–water partition coefficient (Wildman–Crippen LogP) is 2.24. The summed E-state index contributed by atoms with van der Waals surface area (Å²) in [6.45, 7) is 2.00. The van der Waals surface area contributed by atoms with Gasteiger partial charge in [-0.2, -0.15) is 5.10 Å². The fourth-order valence-corrected chi connectivity index (χ4v) is 3.28. The summed E-state index contributed by atoms with van der Waals surface area (Å²) >= 11 is 0. The van der Waals surface area contributed by atoms with Crippen molar-refractivity contribution in [2.24, 2.45) is 0 Å². The maximum Gasteiger partial charge on any atom is 0.331 e. The Balaban J connectivity index is 1.66. The number of aromatic nitrogens is 3. The molecule has 9 heteroatoms. The molecule has 2 aromatic heterocycles. The van der Waals surface area contributed by atoms with Crippen LogP contribution >= 0.6 is 0 Å². The first-order valence-corrected chi connectivity index (χ1v) is 9.58. The minimum atomic E-state index is -0.942. The fourth-order valence-electron chi connectivity index (χ4n) is 3.28. The highest BCUT2D eigenvalue weighted by molar-refractivity contribution is 5.98. The van der Waals surface area contributed by atoms with Gasteiger partial charge in [-0.15, -0.1) is 0 Å². The van der Waals surface area contributed by atoms with E-state index < -0.39 is 17.4 Å². The van der Waals surface area contributed by atoms with E-state index in [2.05, 4.69) is 15.4 Å². The molecule has 9 nitrogen and oxygen atoms in total. The first-order valence-electron chi connectivity index (χ1n) is 9.58. The van der Waals surface area contributed by atoms with Crippen LogP contribution in [0, 0.1) is 0 Å². The second-order valence-electron chi connectivity index (χ2n) is 6.96. The van der Waals surface area contributed by atoms with Crippen LogP contribution in [0.2, 0.25) is 0 Å². The lowest BCUT2D eigenvalue weighted by Gasteiger charge is -2.14. The van der Waals surface area contributed by atoms with Gasteiger partial charge in [-0.25, -0.2) is 14.3 Å². The van der Waals surface area contributed by atoms with E-state index in [1.54, 1.807) is 50.1 Å². The molecule has 1 aliphatic rings. The van der Waals surface area contributed by atoms with E-state index in [4.69, 9.17) is 14.2 Å². The van der Waals surface area contributed by atoms with Crippen LogP contribution in [-0.4, -0.2) is 52.8 Å². The average molecular weight is 410 g/mol. The Morgan fingerprint density at radius 3 is 2.57 bits per heavy atom. The number of hydrogen-bond acceptors (Lipinski definition) is 7. The molecule has 0 radical (unpaired) electrons. The molecule has 0 spiro atoms. The summed E-state index contributed by atoms with van der Waals surface area (Å²) in [6, 6.07) is 8.88. The van der Waals surface area contributed by atoms with E-state index in [1.165, 1.54) is 0 Å². The number of carbonyl (C=O) groups excluding carboxylic acids is 2. The molecule has 0 aliphatic heterocycles. The normalized spacial score (nSPS) is 14.2. The first kappa shape index (κ1) is 19.7. The monoisotopic (exact) mass is 410 g/mol. The molecule has 1 aromatic carbocycles. The lowest BCUT2D eigenvalue weighted by molar-refractivity contribution is -0.146. The van der Waals surface area contributed by atoms with Gasteiger partial charge in [0.15, 0.2) is 22.8 Å². The number of amides is 1. The zero-order chi connectivity index (χ0) is 21.3. The van der Waals surface area contributed by atoms with Crippen molar-refractivity contribution in [1.29, 1.82) is 0 Å². The number of esters is 1. The van der Waals surface area contributed by atoms with Crippen LogP contribution in [0.3, 0.4) is 0 Å². The standard InChI is InChI=1S/C21H22N4O5/c1-4-30-20(27)21(8-9-21)23-19(26)14-12-18-22-10-7-15(25(18)24-14)13-5-6-16(28-2)17(11-13)29-3/h5-7,10-12H,4,8-9H2,1-3H3,(H,23,26). The number of carbonyl (C=O) groups is 2. The molecule has 1 saturated carbocycles. The molecular weight excluding hydrogens is 388 g/mol. The van der Waals surface area contributed by atoms with Crippen LogP contribution in [0.4, 0.5) is 0 Å². The summed E-state index contributed by atoms with van der Waals surface area (Å²) in [5.74, 6) is 0.339. The van der Waals surface area contributed by atoms with Crippen molar-refractivity contribution in [3.63, 3.8) is 0 Å². The molecule has 30 heavy (non-hydrogen) atoms. The third kappa shape index (κ3) is 3.42. The second-order valence-corrected chi connectivity index (χ2v) is 6.96. The van der Waals surface area contributed by atoms with Gasteiger partial charge in [0.05, 0.1) is 26.5 Å². The summed E-state index contributed by atoms with van der Waals surface area (Å²) in [6.07, 6.45) is 2.76. The fraction of sp³-hybridized carbons (Fsp3) is 0.333. The van der Waals surface area contributed by atoms with Crippen molar-refractivity contribution in [2.75, 3.05) is 20.8 Å². The van der Waals surface area contributed by atoms with Gasteiger partial charge in [0.2, 0.25) is 0 Å². The number of fused-ring (bicyclic) bond motifs is 1. The number of rotatable bonds is 7. The molecular formula is C21H22N4O5. The largest absolute Gasteiger partial charge is 0.493 e. The third-order valence-corrected chi connectivity index (χ3v) is 5.04. The van der Waals surface area contributed by atoms with Gasteiger partial charge in [-0.3, -0.25) is 4.79 Å². The van der Waals surface area contributed by atoms with Gasteiger partial charge in [0, 0.05) is 17.8 Å². The SMILES string of the molecule is CCOC(=O)C1(NC(=O)c2cc3nccc(-c4ccc(OC)c(OC)c4)n3n2)CC1. The Morgan fingerprint density at radius 1 is 1.13 bits per heavy atom. The summed E-state index contributed by atoms with van der Waals surface area (Å²) in [4.78, 5) is 29.2. The van der Waals surface area contributed by atoms with Gasteiger partial charge in [-0.05, 0) is 44.0 Å². The molecule has 1 aliphatic carbocycles. The van der Waals surface area contributed by atoms with Crippen LogP contribution in [0.25, 0.3) is 16.9 Å². The minimum absolute atomic E-state index is 0.172. The van der Waals surface area contributed by atoms with E-state index in [-0.39, 0.29) is 12.3 Å². The minimum Gasteiger partial charge on any atom is -0.493 e. The zero-order valence-electron chi connectivity index (χ0n) is 17.0. The Kier molecular flexibility index (Phi) is 5.03. The van der Waals surface area contributed by atoms with Crippen LogP contribution in [0.1, 0.15) is 30.3 Å². The summed E-state index contributed by atoms with van der Waals surface area (Å²) in [5, 5.41) is 7.19. The Labute approximate surface area is 173 Å². The third-order valence-electron chi connectivity index (χ3n) is 5.04. The number of benzene rings is 1. The quantitative estimate of drug-likeness (QED) is 0.596. The van der Waals surface area contributed by atoms with E-state index in [0.29, 0.717) is 30.0 Å². The molecule has 1 amide bonds. The van der Waals surface area contributed by atoms with Gasteiger partial charge in [0.25, 0.3) is 5.91 Å². The number of methoxy groups -OCH3 is 2. The Bertz CT molecular complexity index is 1120. The highest BCUT2D eigenvalue weighted by Gasteiger charge is 2.53. The van der Waals surface area contributed by atoms with Crippen LogP contribution in [-0.2, 0) is 9.53 Å². The molecule has 2 heterocycles. The van der Waals surface area contributed by atoms with E-state index in [1.807, 2.05) is 12.1 Å². The molecule has 3 aromatic rings. The molecule has 0 bridgehead atoms. The topological polar surface area (TPSA) is 104 Å². The predicted molar refractivity (Wildman–Crippen MR) is 108 cm³/mol. The molecule has 0 unspecified atom stereocenters. The first-order chi connectivity index (χ1) is 14.5. The number of nitrogens with one attached hydrogen (secondary N) is 1. The van der Waals surface area contributed by atoms with Crippen LogP contribution < -0.4 is 14.8 Å². The average Bonchev–Trinajstić information content (AvgIpc) is 3.41. The summed E-state index contributed by atoms with van der Waals surface area (Å²) in [5.41, 5.74) is 1.29. The number of nitrogens with zero attached hydrogens (tertiary/aromatic N) is 3. The maximum atomic E-state index is 12.8. The highest BCUT2D eigenvalue weighted by Crippen LogP contribution is 2.37. The van der Waals surface area contributed by atoms with Crippen LogP contribution in [0.5, 0.6) is 11.5 Å². The summed E-state index contributed by atoms with van der Waals surface area (Å²) < 4.78 is 17.3. The van der Waals surface area contributed by atoms with Crippen molar-refractivity contribution >= 4 is 17.5 Å². The van der Waals surface area contributed by atoms with E-state index >= 15 is 0 Å². The van der Waals surface area contributed by atoms with Gasteiger partial charge in [0.1, 0.15) is 5.54 Å². The van der Waals surface area contributed by atoms with Crippen molar-refractivity contribution in [3.8, 4) is 22.8 Å². The lowest BCUT2D eigenvalue weighted by Crippen LogP contribution is -2.44. The van der Waals surface area contributed by atoms with E-state index in [9.17, 15) is 9.59 Å². The molecule has 0 atom stereocenters. The second kappa shape index (κ2) is 7.66.